The molecule has 0 unspecified atom stereocenters. The number of aliphatic hydroxyl groups excluding tert-OH is 2. The van der Waals surface area contributed by atoms with Crippen molar-refractivity contribution >= 4 is 11.6 Å². The maximum absolute atomic E-state index is 12.6. The van der Waals surface area contributed by atoms with Crippen molar-refractivity contribution in [3.05, 3.63) is 11.3 Å². The van der Waals surface area contributed by atoms with Gasteiger partial charge in [0.2, 0.25) is 0 Å². The van der Waals surface area contributed by atoms with Gasteiger partial charge in [-0.15, -0.1) is 0 Å². The molecule has 0 amide bonds. The summed E-state index contributed by atoms with van der Waals surface area (Å²) in [5, 5.41) is 31.6. The molecule has 5 heteroatoms. The number of carbonyl (C=O) groups excluding carboxylic acids is 2. The Bertz CT molecular complexity index is 501. The van der Waals surface area contributed by atoms with Gasteiger partial charge in [0, 0.05) is 12.3 Å². The fourth-order valence-electron chi connectivity index (χ4n) is 2.65. The summed E-state index contributed by atoms with van der Waals surface area (Å²) in [7, 11) is 0. The van der Waals surface area contributed by atoms with E-state index in [9.17, 15) is 24.9 Å². The molecule has 0 heterocycles. The third kappa shape index (κ3) is 7.58. The van der Waals surface area contributed by atoms with Gasteiger partial charge in [-0.25, -0.2) is 0 Å². The molecular weight excluding hydrogens is 332 g/mol. The first kappa shape index (κ1) is 24.8. The van der Waals surface area contributed by atoms with Crippen LogP contribution in [0, 0.1) is 17.8 Å². The minimum Gasteiger partial charge on any atom is -0.508 e. The van der Waals surface area contributed by atoms with Crippen LogP contribution in [-0.2, 0) is 9.59 Å². The van der Waals surface area contributed by atoms with Crippen molar-refractivity contribution in [3.63, 3.8) is 0 Å². The second-order valence-electron chi connectivity index (χ2n) is 8.59. The molecule has 0 aliphatic rings. The van der Waals surface area contributed by atoms with Crippen LogP contribution in [0.15, 0.2) is 11.3 Å². The number of aliphatic hydroxyl groups is 3. The number of hydrogen-bond donors (Lipinski definition) is 3. The van der Waals surface area contributed by atoms with Crippen molar-refractivity contribution in [2.24, 2.45) is 17.8 Å². The second kappa shape index (κ2) is 10.8. The van der Waals surface area contributed by atoms with Gasteiger partial charge in [0.05, 0.1) is 6.10 Å². The standard InChI is InChI=1S/C21H38O5/c1-13(2)9-8-10-16(22)18(19(24)15(5)6)20(25)21(7,26)17(23)12-11-14(3)4/h13-15,17,23,25-26H,8-12H2,1-7H3/b20-18-/t17-,21-/m0/s1. The molecular formula is C21H38O5. The van der Waals surface area contributed by atoms with E-state index >= 15 is 0 Å². The van der Waals surface area contributed by atoms with Crippen molar-refractivity contribution in [1.82, 2.24) is 0 Å². The molecule has 0 spiro atoms. The highest BCUT2D eigenvalue weighted by Gasteiger charge is 2.40. The van der Waals surface area contributed by atoms with Gasteiger partial charge in [0.15, 0.2) is 11.6 Å². The molecule has 0 aromatic rings. The van der Waals surface area contributed by atoms with E-state index in [1.807, 2.05) is 27.7 Å². The molecule has 0 radical (unpaired) electrons. The highest BCUT2D eigenvalue weighted by molar-refractivity contribution is 6.21. The van der Waals surface area contributed by atoms with Gasteiger partial charge >= 0.3 is 0 Å². The lowest BCUT2D eigenvalue weighted by Crippen LogP contribution is -2.43. The van der Waals surface area contributed by atoms with Gasteiger partial charge in [-0.05, 0) is 38.0 Å². The fraction of sp³-hybridized carbons (Fsp3) is 0.810. The number of ketones is 2. The zero-order chi connectivity index (χ0) is 20.7. The molecule has 0 aliphatic heterocycles. The summed E-state index contributed by atoms with van der Waals surface area (Å²) in [6.45, 7) is 12.6. The summed E-state index contributed by atoms with van der Waals surface area (Å²) in [6.07, 6.45) is 1.23. The Labute approximate surface area is 158 Å². The van der Waals surface area contributed by atoms with Gasteiger partial charge in [0.25, 0.3) is 0 Å². The van der Waals surface area contributed by atoms with E-state index in [4.69, 9.17) is 0 Å². The summed E-state index contributed by atoms with van der Waals surface area (Å²) in [5.74, 6) is -1.43. The Balaban J connectivity index is 5.66. The Kier molecular flexibility index (Phi) is 10.3. The van der Waals surface area contributed by atoms with E-state index < -0.39 is 34.9 Å². The zero-order valence-corrected chi connectivity index (χ0v) is 17.5. The van der Waals surface area contributed by atoms with Gasteiger partial charge in [-0.1, -0.05) is 48.0 Å². The summed E-state index contributed by atoms with van der Waals surface area (Å²) in [5.41, 5.74) is -2.40. The highest BCUT2D eigenvalue weighted by Crippen LogP contribution is 2.28. The van der Waals surface area contributed by atoms with Crippen LogP contribution in [-0.4, -0.2) is 38.6 Å². The molecule has 0 rings (SSSR count). The van der Waals surface area contributed by atoms with Crippen molar-refractivity contribution in [1.29, 1.82) is 0 Å². The Morgan fingerprint density at radius 1 is 0.923 bits per heavy atom. The minimum absolute atomic E-state index is 0.133. The number of allylic oxidation sites excluding steroid dienone is 1. The van der Waals surface area contributed by atoms with Gasteiger partial charge in [0.1, 0.15) is 16.9 Å². The molecule has 152 valence electrons. The van der Waals surface area contributed by atoms with Crippen LogP contribution in [0.2, 0.25) is 0 Å². The van der Waals surface area contributed by atoms with Crippen LogP contribution < -0.4 is 0 Å². The van der Waals surface area contributed by atoms with Crippen molar-refractivity contribution < 1.29 is 24.9 Å². The highest BCUT2D eigenvalue weighted by atomic mass is 16.4. The maximum atomic E-state index is 12.6. The van der Waals surface area contributed by atoms with E-state index in [1.165, 1.54) is 6.92 Å². The lowest BCUT2D eigenvalue weighted by Gasteiger charge is -2.30. The Morgan fingerprint density at radius 2 is 1.42 bits per heavy atom. The summed E-state index contributed by atoms with van der Waals surface area (Å²) < 4.78 is 0. The smallest absolute Gasteiger partial charge is 0.172 e. The molecule has 3 N–H and O–H groups in total. The first-order valence-corrected chi connectivity index (χ1v) is 9.73. The van der Waals surface area contributed by atoms with Crippen molar-refractivity contribution in [2.45, 2.75) is 92.3 Å². The third-order valence-electron chi connectivity index (χ3n) is 4.62. The van der Waals surface area contributed by atoms with Crippen molar-refractivity contribution in [3.8, 4) is 0 Å². The molecule has 0 aliphatic carbocycles. The van der Waals surface area contributed by atoms with E-state index in [0.717, 1.165) is 6.42 Å². The van der Waals surface area contributed by atoms with E-state index in [1.54, 1.807) is 13.8 Å². The molecule has 0 saturated carbocycles. The molecule has 0 aromatic carbocycles. The Morgan fingerprint density at radius 3 is 1.85 bits per heavy atom. The number of rotatable bonds is 12. The van der Waals surface area contributed by atoms with Crippen LogP contribution in [0.25, 0.3) is 0 Å². The topological polar surface area (TPSA) is 94.8 Å². The monoisotopic (exact) mass is 370 g/mol. The SMILES string of the molecule is CC(C)CCCC(=O)/C(C(=O)C(C)C)=C(/O)[C@@](C)(O)[C@@H](O)CCC(C)C. The summed E-state index contributed by atoms with van der Waals surface area (Å²) >= 11 is 0. The minimum atomic E-state index is -2.04. The van der Waals surface area contributed by atoms with Crippen LogP contribution in [0.5, 0.6) is 0 Å². The van der Waals surface area contributed by atoms with Crippen molar-refractivity contribution in [2.75, 3.05) is 0 Å². The van der Waals surface area contributed by atoms with E-state index in [-0.39, 0.29) is 18.4 Å². The third-order valence-corrected chi connectivity index (χ3v) is 4.62. The first-order chi connectivity index (χ1) is 11.8. The van der Waals surface area contributed by atoms with Crippen LogP contribution in [0.1, 0.15) is 80.6 Å². The zero-order valence-electron chi connectivity index (χ0n) is 17.5. The first-order valence-electron chi connectivity index (χ1n) is 9.73. The normalized spacial score (nSPS) is 16.6. The molecule has 2 atom stereocenters. The molecule has 5 nitrogen and oxygen atoms in total. The summed E-state index contributed by atoms with van der Waals surface area (Å²) in [4.78, 5) is 25.1. The van der Waals surface area contributed by atoms with Gasteiger partial charge in [-0.3, -0.25) is 9.59 Å². The summed E-state index contributed by atoms with van der Waals surface area (Å²) in [6, 6.07) is 0. The lowest BCUT2D eigenvalue weighted by atomic mass is 9.84. The predicted octanol–water partition coefficient (Wildman–Crippen LogP) is 3.97. The van der Waals surface area contributed by atoms with E-state index in [2.05, 4.69) is 0 Å². The van der Waals surface area contributed by atoms with E-state index in [0.29, 0.717) is 24.7 Å². The Hall–Kier alpha value is -1.20. The lowest BCUT2D eigenvalue weighted by molar-refractivity contribution is -0.124. The largest absolute Gasteiger partial charge is 0.508 e. The van der Waals surface area contributed by atoms with Crippen LogP contribution in [0.3, 0.4) is 0 Å². The fourth-order valence-corrected chi connectivity index (χ4v) is 2.65. The quantitative estimate of drug-likeness (QED) is 0.209. The molecule has 0 saturated heterocycles. The predicted molar refractivity (Wildman–Crippen MR) is 104 cm³/mol. The average molecular weight is 371 g/mol. The molecule has 26 heavy (non-hydrogen) atoms. The van der Waals surface area contributed by atoms with Crippen LogP contribution in [0.4, 0.5) is 0 Å². The second-order valence-corrected chi connectivity index (χ2v) is 8.59. The molecule has 0 aromatic heterocycles. The van der Waals surface area contributed by atoms with Gasteiger partial charge in [-0.2, -0.15) is 0 Å². The molecule has 0 bridgehead atoms. The average Bonchev–Trinajstić information content (AvgIpc) is 2.51. The number of Topliss-reactive ketones (excluding diaryl/α,β-unsaturated/α-hetero) is 2. The maximum Gasteiger partial charge on any atom is 0.172 e. The van der Waals surface area contributed by atoms with Gasteiger partial charge < -0.3 is 15.3 Å². The molecule has 0 fully saturated rings. The number of carbonyl (C=O) groups is 2. The number of hydrogen-bond acceptors (Lipinski definition) is 5. The van der Waals surface area contributed by atoms with Crippen LogP contribution >= 0.6 is 0 Å².